The average Bonchev–Trinajstić information content (AvgIpc) is 2.60. The molecule has 0 aliphatic heterocycles. The number of hydrogen-bond donors (Lipinski definition) is 1. The number of carbonyl (C=O) groups is 3. The number of esters is 1. The number of carbonyl (C=O) groups excluding carboxylic acids is 3. The number of ketones is 1. The van der Waals surface area contributed by atoms with Crippen molar-refractivity contribution in [1.29, 1.82) is 0 Å². The number of Topliss-reactive ketones (excluding diaryl/α,β-unsaturated/α-hetero) is 1. The Morgan fingerprint density at radius 1 is 1.12 bits per heavy atom. The lowest BCUT2D eigenvalue weighted by atomic mass is 10.1. The van der Waals surface area contributed by atoms with E-state index in [1.807, 2.05) is 0 Å². The molecule has 0 aliphatic carbocycles. The molecule has 1 atom stereocenters. The molecule has 0 saturated carbocycles. The quantitative estimate of drug-likeness (QED) is 0.607. The Labute approximate surface area is 149 Å². The van der Waals surface area contributed by atoms with Gasteiger partial charge in [0.15, 0.2) is 18.5 Å². The molecule has 0 heterocycles. The first-order valence-electron chi connectivity index (χ1n) is 7.85. The molecule has 2 aromatic carbocycles. The van der Waals surface area contributed by atoms with Crippen molar-refractivity contribution in [3.05, 3.63) is 59.9 Å². The Morgan fingerprint density at radius 2 is 1.85 bits per heavy atom. The molecule has 7 heteroatoms. The van der Waals surface area contributed by atoms with Gasteiger partial charge in [-0.25, -0.2) is 9.18 Å². The van der Waals surface area contributed by atoms with Gasteiger partial charge in [-0.3, -0.25) is 9.59 Å². The Balaban J connectivity index is 1.85. The number of benzene rings is 2. The van der Waals surface area contributed by atoms with Crippen LogP contribution in [0.5, 0.6) is 5.75 Å². The van der Waals surface area contributed by atoms with Gasteiger partial charge in [0.05, 0.1) is 0 Å². The van der Waals surface area contributed by atoms with Crippen molar-refractivity contribution in [2.75, 3.05) is 11.9 Å². The molecule has 0 fully saturated rings. The van der Waals surface area contributed by atoms with Gasteiger partial charge >= 0.3 is 5.97 Å². The van der Waals surface area contributed by atoms with E-state index in [0.717, 1.165) is 6.07 Å². The summed E-state index contributed by atoms with van der Waals surface area (Å²) >= 11 is 0. The molecule has 0 aromatic heterocycles. The van der Waals surface area contributed by atoms with E-state index < -0.39 is 30.4 Å². The molecule has 0 aliphatic rings. The van der Waals surface area contributed by atoms with Gasteiger partial charge in [-0.15, -0.1) is 0 Å². The van der Waals surface area contributed by atoms with E-state index >= 15 is 0 Å². The first kappa shape index (κ1) is 19.1. The fourth-order valence-electron chi connectivity index (χ4n) is 2.04. The maximum absolute atomic E-state index is 13.0. The van der Waals surface area contributed by atoms with Crippen LogP contribution in [-0.4, -0.2) is 30.4 Å². The van der Waals surface area contributed by atoms with Crippen LogP contribution in [0.2, 0.25) is 0 Å². The van der Waals surface area contributed by atoms with E-state index in [2.05, 4.69) is 5.32 Å². The Bertz CT molecular complexity index is 821. The molecule has 1 amide bonds. The number of amides is 1. The van der Waals surface area contributed by atoms with Crippen molar-refractivity contribution in [2.24, 2.45) is 0 Å². The SMILES string of the molecule is CC(=O)c1cccc(NC(=O)[C@@H](C)OC(=O)COc2cccc(F)c2)c1. The van der Waals surface area contributed by atoms with E-state index in [4.69, 9.17) is 9.47 Å². The number of nitrogens with one attached hydrogen (secondary N) is 1. The summed E-state index contributed by atoms with van der Waals surface area (Å²) in [5.74, 6) is -1.76. The number of halogens is 1. The highest BCUT2D eigenvalue weighted by Gasteiger charge is 2.18. The molecular weight excluding hydrogens is 341 g/mol. The Morgan fingerprint density at radius 3 is 2.54 bits per heavy atom. The summed E-state index contributed by atoms with van der Waals surface area (Å²) in [7, 11) is 0. The highest BCUT2D eigenvalue weighted by molar-refractivity contribution is 5.98. The van der Waals surface area contributed by atoms with E-state index in [1.54, 1.807) is 18.2 Å². The predicted molar refractivity (Wildman–Crippen MR) is 92.5 cm³/mol. The minimum atomic E-state index is -1.07. The molecule has 0 unspecified atom stereocenters. The zero-order valence-corrected chi connectivity index (χ0v) is 14.3. The van der Waals surface area contributed by atoms with Crippen LogP contribution in [-0.2, 0) is 14.3 Å². The molecule has 0 saturated heterocycles. The molecule has 2 rings (SSSR count). The van der Waals surface area contributed by atoms with Gasteiger partial charge in [-0.2, -0.15) is 0 Å². The Kier molecular flexibility index (Phi) is 6.43. The van der Waals surface area contributed by atoms with Crippen LogP contribution in [0.25, 0.3) is 0 Å². The summed E-state index contributed by atoms with van der Waals surface area (Å²) < 4.78 is 23.1. The summed E-state index contributed by atoms with van der Waals surface area (Å²) in [6.45, 7) is 2.37. The van der Waals surface area contributed by atoms with Gasteiger partial charge in [0.1, 0.15) is 11.6 Å². The molecule has 6 nitrogen and oxygen atoms in total. The number of anilines is 1. The van der Waals surface area contributed by atoms with Gasteiger partial charge in [-0.05, 0) is 38.1 Å². The predicted octanol–water partition coefficient (Wildman–Crippen LogP) is 2.98. The summed E-state index contributed by atoms with van der Waals surface area (Å²) in [6, 6.07) is 11.7. The maximum Gasteiger partial charge on any atom is 0.344 e. The third-order valence-electron chi connectivity index (χ3n) is 3.37. The molecule has 1 N–H and O–H groups in total. The number of hydrogen-bond acceptors (Lipinski definition) is 5. The third-order valence-corrected chi connectivity index (χ3v) is 3.37. The second kappa shape index (κ2) is 8.75. The van der Waals surface area contributed by atoms with Gasteiger partial charge < -0.3 is 14.8 Å². The first-order chi connectivity index (χ1) is 12.3. The largest absolute Gasteiger partial charge is 0.482 e. The first-order valence-corrected chi connectivity index (χ1v) is 7.85. The molecule has 26 heavy (non-hydrogen) atoms. The van der Waals surface area contributed by atoms with Crippen LogP contribution in [0.1, 0.15) is 24.2 Å². The lowest BCUT2D eigenvalue weighted by Gasteiger charge is -2.14. The molecule has 2 aromatic rings. The normalized spacial score (nSPS) is 11.3. The summed E-state index contributed by atoms with van der Waals surface area (Å²) in [6.07, 6.45) is -1.07. The van der Waals surface area contributed by atoms with Crippen LogP contribution >= 0.6 is 0 Å². The van der Waals surface area contributed by atoms with E-state index in [1.165, 1.54) is 38.1 Å². The number of ether oxygens (including phenoxy) is 2. The summed E-state index contributed by atoms with van der Waals surface area (Å²) in [4.78, 5) is 35.2. The molecule has 0 spiro atoms. The lowest BCUT2D eigenvalue weighted by Crippen LogP contribution is -2.31. The van der Waals surface area contributed by atoms with Crippen molar-refractivity contribution in [3.8, 4) is 5.75 Å². The van der Waals surface area contributed by atoms with Crippen LogP contribution in [0.4, 0.5) is 10.1 Å². The minimum Gasteiger partial charge on any atom is -0.482 e. The van der Waals surface area contributed by atoms with Gasteiger partial charge in [0.2, 0.25) is 0 Å². The zero-order chi connectivity index (χ0) is 19.1. The fourth-order valence-corrected chi connectivity index (χ4v) is 2.04. The van der Waals surface area contributed by atoms with Crippen LogP contribution in [0.15, 0.2) is 48.5 Å². The summed E-state index contributed by atoms with van der Waals surface area (Å²) in [5, 5.41) is 2.56. The second-order valence-electron chi connectivity index (χ2n) is 5.50. The topological polar surface area (TPSA) is 81.7 Å². The molecule has 136 valence electrons. The van der Waals surface area contributed by atoms with Crippen molar-refractivity contribution < 1.29 is 28.2 Å². The number of rotatable bonds is 7. The van der Waals surface area contributed by atoms with Gasteiger partial charge in [0, 0.05) is 17.3 Å². The Hall–Kier alpha value is -3.22. The lowest BCUT2D eigenvalue weighted by molar-refractivity contribution is -0.155. The molecular formula is C19H18FNO5. The smallest absolute Gasteiger partial charge is 0.344 e. The van der Waals surface area contributed by atoms with Crippen molar-refractivity contribution in [1.82, 2.24) is 0 Å². The highest BCUT2D eigenvalue weighted by Crippen LogP contribution is 2.13. The van der Waals surface area contributed by atoms with E-state index in [-0.39, 0.29) is 11.5 Å². The van der Waals surface area contributed by atoms with Gasteiger partial charge in [-0.1, -0.05) is 18.2 Å². The maximum atomic E-state index is 13.0. The van der Waals surface area contributed by atoms with Crippen molar-refractivity contribution >= 4 is 23.3 Å². The van der Waals surface area contributed by atoms with E-state index in [9.17, 15) is 18.8 Å². The zero-order valence-electron chi connectivity index (χ0n) is 14.3. The highest BCUT2D eigenvalue weighted by atomic mass is 19.1. The molecule has 0 radical (unpaired) electrons. The monoisotopic (exact) mass is 359 g/mol. The standard InChI is InChI=1S/C19H18FNO5/c1-12(22)14-5-3-7-16(9-14)21-19(24)13(2)26-18(23)11-25-17-8-4-6-15(20)10-17/h3-10,13H,11H2,1-2H3,(H,21,24)/t13-/m1/s1. The van der Waals surface area contributed by atoms with Gasteiger partial charge in [0.25, 0.3) is 5.91 Å². The van der Waals surface area contributed by atoms with E-state index in [0.29, 0.717) is 11.3 Å². The summed E-state index contributed by atoms with van der Waals surface area (Å²) in [5.41, 5.74) is 0.873. The van der Waals surface area contributed by atoms with Crippen molar-refractivity contribution in [3.63, 3.8) is 0 Å². The van der Waals surface area contributed by atoms with Crippen LogP contribution < -0.4 is 10.1 Å². The fraction of sp³-hybridized carbons (Fsp3) is 0.211. The third kappa shape index (κ3) is 5.70. The second-order valence-corrected chi connectivity index (χ2v) is 5.50. The van der Waals surface area contributed by atoms with Crippen LogP contribution in [0, 0.1) is 5.82 Å². The minimum absolute atomic E-state index is 0.130. The van der Waals surface area contributed by atoms with Crippen LogP contribution in [0.3, 0.4) is 0 Å². The molecule has 0 bridgehead atoms. The van der Waals surface area contributed by atoms with Crippen molar-refractivity contribution in [2.45, 2.75) is 20.0 Å². The average molecular weight is 359 g/mol.